The third kappa shape index (κ3) is 17.8. The number of carbonyl (C=O) groups excluding carboxylic acids is 6. The van der Waals surface area contributed by atoms with Crippen LogP contribution in [0.1, 0.15) is 90.9 Å². The SMILES string of the molecule is [2H]NCCCC[C@H]1NC(=O)[C@H](CCCCNC)NC(=O)[C@@H](C)NC(=O)[C@H](CCCCNC)NC(=O)[C@@H](C)NC(=O)[C@H](CCCCNC)NC1=O. The lowest BCUT2D eigenvalue weighted by Gasteiger charge is -2.28. The average molecular weight is 698 g/mol. The van der Waals surface area contributed by atoms with E-state index >= 15 is 0 Å². The molecule has 0 aromatic rings. The van der Waals surface area contributed by atoms with Crippen LogP contribution in [0, 0.1) is 0 Å². The molecule has 1 heterocycles. The van der Waals surface area contributed by atoms with E-state index in [1.807, 2.05) is 21.1 Å². The first-order valence-corrected chi connectivity index (χ1v) is 17.9. The molecule has 16 nitrogen and oxygen atoms in total. The maximum absolute atomic E-state index is 13.8. The minimum absolute atomic E-state index is 0.231. The van der Waals surface area contributed by atoms with Crippen molar-refractivity contribution < 1.29 is 30.2 Å². The summed E-state index contributed by atoms with van der Waals surface area (Å²) in [7, 11) is 5.46. The second-order valence-corrected chi connectivity index (χ2v) is 12.7. The van der Waals surface area contributed by atoms with Crippen molar-refractivity contribution in [1.82, 2.24) is 47.9 Å². The Morgan fingerprint density at radius 3 is 1.06 bits per heavy atom. The second kappa shape index (κ2) is 25.6. The molecule has 16 heteroatoms. The molecule has 282 valence electrons. The summed E-state index contributed by atoms with van der Waals surface area (Å²) in [5, 5.41) is 25.6. The Bertz CT molecular complexity index is 1040. The molecule has 1 rings (SSSR count). The van der Waals surface area contributed by atoms with Gasteiger partial charge < -0.3 is 53.6 Å². The fourth-order valence-electron chi connectivity index (χ4n) is 5.40. The highest BCUT2D eigenvalue weighted by atomic mass is 16.2. The molecule has 0 unspecified atom stereocenters. The van der Waals surface area contributed by atoms with Gasteiger partial charge in [-0.25, -0.2) is 0 Å². The maximum Gasteiger partial charge on any atom is 0.243 e. The van der Waals surface area contributed by atoms with E-state index in [9.17, 15) is 28.8 Å². The van der Waals surface area contributed by atoms with Gasteiger partial charge in [0.2, 0.25) is 35.4 Å². The molecular weight excluding hydrogens is 632 g/mol. The minimum Gasteiger partial charge on any atom is -0.343 e. The van der Waals surface area contributed by atoms with Crippen molar-refractivity contribution >= 4 is 35.4 Å². The summed E-state index contributed by atoms with van der Waals surface area (Å²) in [4.78, 5) is 81.1. The minimum atomic E-state index is -1.04. The molecule has 1 aliphatic rings. The smallest absolute Gasteiger partial charge is 0.243 e. The Kier molecular flexibility index (Phi) is 21.9. The summed E-state index contributed by atoms with van der Waals surface area (Å²) in [5.74, 6) is -3.41. The van der Waals surface area contributed by atoms with Crippen molar-refractivity contribution in [2.75, 3.05) is 47.3 Å². The van der Waals surface area contributed by atoms with E-state index in [2.05, 4.69) is 53.6 Å². The van der Waals surface area contributed by atoms with Crippen LogP contribution >= 0.6 is 0 Å². The van der Waals surface area contributed by atoms with Gasteiger partial charge in [-0.15, -0.1) is 0 Å². The number of nitrogens with one attached hydrogen (secondary N) is 9. The molecule has 49 heavy (non-hydrogen) atoms. The Balaban J connectivity index is 3.48. The van der Waals surface area contributed by atoms with Crippen LogP contribution in [0.2, 0.25) is 1.41 Å². The van der Waals surface area contributed by atoms with Gasteiger partial charge in [0.1, 0.15) is 37.7 Å². The highest BCUT2D eigenvalue weighted by Crippen LogP contribution is 2.09. The van der Waals surface area contributed by atoms with E-state index in [-0.39, 0.29) is 19.3 Å². The number of rotatable bonds is 20. The lowest BCUT2D eigenvalue weighted by Crippen LogP contribution is -2.60. The topological polar surface area (TPSA) is 237 Å². The summed E-state index contributed by atoms with van der Waals surface area (Å²) < 4.78 is 7.21. The Labute approximate surface area is 293 Å². The van der Waals surface area contributed by atoms with Crippen LogP contribution in [-0.2, 0) is 28.8 Å². The zero-order chi connectivity index (χ0) is 37.3. The molecule has 6 atom stereocenters. The first-order chi connectivity index (χ1) is 24.0. The fourth-order valence-corrected chi connectivity index (χ4v) is 5.40. The zero-order valence-corrected chi connectivity index (χ0v) is 30.2. The third-order valence-electron chi connectivity index (χ3n) is 8.46. The Morgan fingerprint density at radius 1 is 0.469 bits per heavy atom. The molecule has 0 aromatic carbocycles. The molecule has 1 saturated heterocycles. The Morgan fingerprint density at radius 2 is 0.755 bits per heavy atom. The van der Waals surface area contributed by atoms with Crippen molar-refractivity contribution in [2.24, 2.45) is 5.73 Å². The van der Waals surface area contributed by atoms with E-state index in [0.29, 0.717) is 58.2 Å². The van der Waals surface area contributed by atoms with Gasteiger partial charge in [-0.1, -0.05) is 0 Å². The van der Waals surface area contributed by atoms with Gasteiger partial charge in [-0.05, 0) is 138 Å². The van der Waals surface area contributed by atoms with Crippen LogP contribution in [0.4, 0.5) is 0 Å². The first-order valence-electron chi connectivity index (χ1n) is 18.4. The highest BCUT2D eigenvalue weighted by molar-refractivity contribution is 5.98. The monoisotopic (exact) mass is 698 g/mol. The maximum atomic E-state index is 13.8. The van der Waals surface area contributed by atoms with Gasteiger partial charge >= 0.3 is 0 Å². The van der Waals surface area contributed by atoms with Gasteiger partial charge in [-0.3, -0.25) is 28.8 Å². The van der Waals surface area contributed by atoms with E-state index in [1.165, 1.54) is 13.8 Å². The lowest BCUT2D eigenvalue weighted by molar-refractivity contribution is -0.136. The lowest BCUT2D eigenvalue weighted by atomic mass is 10.0. The van der Waals surface area contributed by atoms with E-state index in [0.717, 1.165) is 25.8 Å². The van der Waals surface area contributed by atoms with Crippen molar-refractivity contribution in [3.05, 3.63) is 0 Å². The van der Waals surface area contributed by atoms with Gasteiger partial charge in [0.15, 0.2) is 0 Å². The van der Waals surface area contributed by atoms with Crippen molar-refractivity contribution in [3.63, 3.8) is 0 Å². The largest absolute Gasteiger partial charge is 0.343 e. The van der Waals surface area contributed by atoms with Gasteiger partial charge in [0, 0.05) is 0 Å². The van der Waals surface area contributed by atoms with Crippen LogP contribution in [0.5, 0.6) is 0 Å². The number of hydrogen-bond acceptors (Lipinski definition) is 10. The molecule has 0 aromatic heterocycles. The summed E-state index contributed by atoms with van der Waals surface area (Å²) in [5.41, 5.74) is 2.33. The molecule has 0 radical (unpaired) electrons. The molecule has 0 bridgehead atoms. The highest BCUT2D eigenvalue weighted by Gasteiger charge is 2.33. The van der Waals surface area contributed by atoms with Crippen LogP contribution in [0.15, 0.2) is 0 Å². The third-order valence-corrected chi connectivity index (χ3v) is 8.46. The van der Waals surface area contributed by atoms with Crippen LogP contribution < -0.4 is 53.6 Å². The van der Waals surface area contributed by atoms with Gasteiger partial charge in [-0.2, -0.15) is 0 Å². The van der Waals surface area contributed by atoms with Crippen molar-refractivity contribution in [1.29, 1.82) is 0 Å². The molecule has 0 spiro atoms. The van der Waals surface area contributed by atoms with Gasteiger partial charge in [0.05, 0.1) is 0 Å². The summed E-state index contributed by atoms with van der Waals surface area (Å²) in [6, 6.07) is -6.08. The second-order valence-electron chi connectivity index (χ2n) is 12.7. The summed E-state index contributed by atoms with van der Waals surface area (Å²) in [6.07, 6.45) is 6.21. The molecule has 1 aliphatic heterocycles. The molecule has 6 amide bonds. The van der Waals surface area contributed by atoms with E-state index in [4.69, 9.17) is 1.41 Å². The van der Waals surface area contributed by atoms with Crippen molar-refractivity contribution in [2.45, 2.75) is 127 Å². The van der Waals surface area contributed by atoms with Crippen molar-refractivity contribution in [3.8, 4) is 0 Å². The molecule has 1 fully saturated rings. The normalized spacial score (nSPS) is 25.1. The van der Waals surface area contributed by atoms with Crippen LogP contribution in [0.25, 0.3) is 0 Å². The Hall–Kier alpha value is -3.34. The number of unbranched alkanes of at least 4 members (excludes halogenated alkanes) is 4. The van der Waals surface area contributed by atoms with Gasteiger partial charge in [0.25, 0.3) is 0 Å². The number of nitrogens with two attached hydrogens (primary N) is 1. The van der Waals surface area contributed by atoms with Crippen LogP contribution in [-0.4, -0.2) is 119 Å². The standard InChI is InChI=1S/C33H64N10O6/c1-22-28(44)40-24(15-7-11-19-35-3)30(46)38-23(2)29(45)41-26(17-9-13-21-37-5)32(48)43-27(14-6-10-18-34)33(49)42-25(31(47)39-22)16-8-12-20-36-4/h22-27,35-37H,6-21,34H2,1-5H3,(H,38,46)(H,39,47)(H,40,44)(H,41,45)(H,42,49)(H,43,48)/t22-,23-,24+,25+,26+,27-/m1/s1/i/hD. The predicted octanol–water partition coefficient (Wildman–Crippen LogP) is -1.75. The number of hydrogen-bond donors (Lipinski definition) is 10. The van der Waals surface area contributed by atoms with Crippen LogP contribution in [0.3, 0.4) is 0 Å². The summed E-state index contributed by atoms with van der Waals surface area (Å²) in [6.45, 7) is 5.53. The van der Waals surface area contributed by atoms with E-state index < -0.39 is 71.7 Å². The quantitative estimate of drug-likeness (QED) is 0.0644. The number of amides is 6. The molecule has 11 N–H and O–H groups in total. The molecule has 0 aliphatic carbocycles. The number of carbonyl (C=O) groups is 6. The fraction of sp³-hybridized carbons (Fsp3) is 0.818. The zero-order valence-electron chi connectivity index (χ0n) is 31.2. The van der Waals surface area contributed by atoms with E-state index in [1.54, 1.807) is 0 Å². The molecule has 0 saturated carbocycles. The molecular formula is C33H64N10O6. The predicted molar refractivity (Wildman–Crippen MR) is 189 cm³/mol. The average Bonchev–Trinajstić information content (AvgIpc) is 3.09. The first kappa shape index (κ1) is 41.8. The summed E-state index contributed by atoms with van der Waals surface area (Å²) >= 11 is 0.